The van der Waals surface area contributed by atoms with Gasteiger partial charge in [-0.15, -0.1) is 6.58 Å². The van der Waals surface area contributed by atoms with E-state index in [1.165, 1.54) is 11.1 Å². The molecule has 0 saturated carbocycles. The van der Waals surface area contributed by atoms with E-state index in [0.29, 0.717) is 13.1 Å². The molecule has 92 valence electrons. The Kier molecular flexibility index (Phi) is 5.43. The zero-order chi connectivity index (χ0) is 12.7. The number of benzene rings is 1. The highest BCUT2D eigenvalue weighted by atomic mass is 16.2. The summed E-state index contributed by atoms with van der Waals surface area (Å²) >= 11 is 0. The fraction of sp³-hybridized carbons (Fsp3) is 0.357. The minimum absolute atomic E-state index is 0.00227. The molecule has 1 amide bonds. The van der Waals surface area contributed by atoms with Gasteiger partial charge in [0, 0.05) is 13.1 Å². The summed E-state index contributed by atoms with van der Waals surface area (Å²) in [6, 6.07) is 8.05. The van der Waals surface area contributed by atoms with Crippen molar-refractivity contribution >= 4 is 5.91 Å². The quantitative estimate of drug-likeness (QED) is 0.734. The Bertz CT molecular complexity index is 388. The Labute approximate surface area is 103 Å². The van der Waals surface area contributed by atoms with Crippen molar-refractivity contribution in [1.82, 2.24) is 10.6 Å². The highest BCUT2D eigenvalue weighted by molar-refractivity contribution is 5.81. The molecule has 3 nitrogen and oxygen atoms in total. The topological polar surface area (TPSA) is 41.1 Å². The van der Waals surface area contributed by atoms with Crippen LogP contribution in [0.25, 0.3) is 0 Å². The number of rotatable bonds is 6. The molecule has 0 aliphatic rings. The van der Waals surface area contributed by atoms with Crippen molar-refractivity contribution in [2.75, 3.05) is 6.54 Å². The Hall–Kier alpha value is -1.61. The fourth-order valence-electron chi connectivity index (χ4n) is 1.51. The molecule has 1 aromatic carbocycles. The molecule has 2 N–H and O–H groups in total. The molecular weight excluding hydrogens is 212 g/mol. The molecule has 0 fully saturated rings. The lowest BCUT2D eigenvalue weighted by atomic mass is 10.1. The zero-order valence-corrected chi connectivity index (χ0v) is 10.5. The maximum absolute atomic E-state index is 11.6. The lowest BCUT2D eigenvalue weighted by Crippen LogP contribution is -2.41. The standard InChI is InChI=1S/C14H20N2O/c1-4-8-15-14(17)12(3)16-10-13-7-5-6-11(2)9-13/h4-7,9,12,16H,1,8,10H2,2-3H3,(H,15,17). The number of hydrogen-bond donors (Lipinski definition) is 2. The van der Waals surface area contributed by atoms with Gasteiger partial charge in [0.1, 0.15) is 0 Å². The minimum atomic E-state index is -0.199. The summed E-state index contributed by atoms with van der Waals surface area (Å²) in [5.41, 5.74) is 2.42. The monoisotopic (exact) mass is 232 g/mol. The number of carbonyl (C=O) groups is 1. The molecule has 3 heteroatoms. The van der Waals surface area contributed by atoms with Crippen molar-refractivity contribution < 1.29 is 4.79 Å². The van der Waals surface area contributed by atoms with Crippen LogP contribution in [0.15, 0.2) is 36.9 Å². The summed E-state index contributed by atoms with van der Waals surface area (Å²) < 4.78 is 0. The van der Waals surface area contributed by atoms with Crippen molar-refractivity contribution in [3.05, 3.63) is 48.0 Å². The number of carbonyl (C=O) groups excluding carboxylic acids is 1. The Morgan fingerprint density at radius 2 is 2.29 bits per heavy atom. The fourth-order valence-corrected chi connectivity index (χ4v) is 1.51. The molecule has 1 atom stereocenters. The summed E-state index contributed by atoms with van der Waals surface area (Å²) in [6.07, 6.45) is 1.67. The summed E-state index contributed by atoms with van der Waals surface area (Å²) in [7, 11) is 0. The molecule has 1 rings (SSSR count). The second-order valence-electron chi connectivity index (χ2n) is 4.13. The Balaban J connectivity index is 2.39. The van der Waals surface area contributed by atoms with Crippen molar-refractivity contribution in [3.8, 4) is 0 Å². The maximum Gasteiger partial charge on any atom is 0.237 e. The number of amides is 1. The molecular formula is C14H20N2O. The SMILES string of the molecule is C=CCNC(=O)C(C)NCc1cccc(C)c1. The van der Waals surface area contributed by atoms with Gasteiger partial charge in [0.15, 0.2) is 0 Å². The zero-order valence-electron chi connectivity index (χ0n) is 10.5. The van der Waals surface area contributed by atoms with Gasteiger partial charge in [0.25, 0.3) is 0 Å². The van der Waals surface area contributed by atoms with Gasteiger partial charge in [0.2, 0.25) is 5.91 Å². The number of nitrogens with one attached hydrogen (secondary N) is 2. The number of hydrogen-bond acceptors (Lipinski definition) is 2. The van der Waals surface area contributed by atoms with Gasteiger partial charge >= 0.3 is 0 Å². The van der Waals surface area contributed by atoms with Crippen LogP contribution in [0.1, 0.15) is 18.1 Å². The van der Waals surface area contributed by atoms with E-state index in [4.69, 9.17) is 0 Å². The molecule has 0 saturated heterocycles. The molecule has 1 aromatic rings. The van der Waals surface area contributed by atoms with Crippen LogP contribution in [0.2, 0.25) is 0 Å². The van der Waals surface area contributed by atoms with Crippen LogP contribution in [-0.2, 0) is 11.3 Å². The van der Waals surface area contributed by atoms with E-state index in [-0.39, 0.29) is 11.9 Å². The third-order valence-corrected chi connectivity index (χ3v) is 2.51. The predicted molar refractivity (Wildman–Crippen MR) is 70.7 cm³/mol. The second-order valence-corrected chi connectivity index (χ2v) is 4.13. The van der Waals surface area contributed by atoms with Gasteiger partial charge in [-0.1, -0.05) is 35.9 Å². The lowest BCUT2D eigenvalue weighted by molar-refractivity contribution is -0.122. The molecule has 0 bridgehead atoms. The van der Waals surface area contributed by atoms with E-state index in [9.17, 15) is 4.79 Å². The van der Waals surface area contributed by atoms with E-state index in [0.717, 1.165) is 0 Å². The van der Waals surface area contributed by atoms with Gasteiger partial charge < -0.3 is 10.6 Å². The van der Waals surface area contributed by atoms with Crippen LogP contribution in [0.4, 0.5) is 0 Å². The molecule has 17 heavy (non-hydrogen) atoms. The van der Waals surface area contributed by atoms with Gasteiger partial charge in [0.05, 0.1) is 6.04 Å². The average Bonchev–Trinajstić information content (AvgIpc) is 2.33. The second kappa shape index (κ2) is 6.86. The van der Waals surface area contributed by atoms with Crippen molar-refractivity contribution in [2.24, 2.45) is 0 Å². The smallest absolute Gasteiger partial charge is 0.237 e. The first-order valence-electron chi connectivity index (χ1n) is 5.81. The van der Waals surface area contributed by atoms with E-state index in [1.54, 1.807) is 6.08 Å². The van der Waals surface area contributed by atoms with Crippen LogP contribution in [0, 0.1) is 6.92 Å². The first-order chi connectivity index (χ1) is 8.13. The van der Waals surface area contributed by atoms with E-state index >= 15 is 0 Å². The van der Waals surface area contributed by atoms with E-state index in [1.807, 2.05) is 19.1 Å². The molecule has 0 aliphatic carbocycles. The largest absolute Gasteiger partial charge is 0.351 e. The first kappa shape index (κ1) is 13.5. The maximum atomic E-state index is 11.6. The van der Waals surface area contributed by atoms with Crippen LogP contribution in [0.3, 0.4) is 0 Å². The van der Waals surface area contributed by atoms with Gasteiger partial charge in [-0.05, 0) is 19.4 Å². The molecule has 0 heterocycles. The normalized spacial score (nSPS) is 11.9. The number of aryl methyl sites for hydroxylation is 1. The van der Waals surface area contributed by atoms with Gasteiger partial charge in [-0.3, -0.25) is 4.79 Å². The van der Waals surface area contributed by atoms with Crippen LogP contribution < -0.4 is 10.6 Å². The van der Waals surface area contributed by atoms with Crippen molar-refractivity contribution in [1.29, 1.82) is 0 Å². The Morgan fingerprint density at radius 1 is 1.53 bits per heavy atom. The molecule has 0 radical (unpaired) electrons. The van der Waals surface area contributed by atoms with Crippen LogP contribution in [0.5, 0.6) is 0 Å². The molecule has 0 aromatic heterocycles. The minimum Gasteiger partial charge on any atom is -0.351 e. The summed E-state index contributed by atoms with van der Waals surface area (Å²) in [4.78, 5) is 11.6. The van der Waals surface area contributed by atoms with Gasteiger partial charge in [-0.2, -0.15) is 0 Å². The summed E-state index contributed by atoms with van der Waals surface area (Å²) in [5, 5.41) is 5.95. The van der Waals surface area contributed by atoms with E-state index < -0.39 is 0 Å². The van der Waals surface area contributed by atoms with Crippen molar-refractivity contribution in [2.45, 2.75) is 26.4 Å². The summed E-state index contributed by atoms with van der Waals surface area (Å²) in [5.74, 6) is -0.00227. The van der Waals surface area contributed by atoms with Crippen LogP contribution in [-0.4, -0.2) is 18.5 Å². The third-order valence-electron chi connectivity index (χ3n) is 2.51. The third kappa shape index (κ3) is 4.83. The molecule has 0 aliphatic heterocycles. The van der Waals surface area contributed by atoms with Gasteiger partial charge in [-0.25, -0.2) is 0 Å². The summed E-state index contributed by atoms with van der Waals surface area (Å²) in [6.45, 7) is 8.68. The Morgan fingerprint density at radius 3 is 2.94 bits per heavy atom. The lowest BCUT2D eigenvalue weighted by Gasteiger charge is -2.13. The van der Waals surface area contributed by atoms with E-state index in [2.05, 4.69) is 36.3 Å². The van der Waals surface area contributed by atoms with Crippen molar-refractivity contribution in [3.63, 3.8) is 0 Å². The van der Waals surface area contributed by atoms with Crippen LogP contribution >= 0.6 is 0 Å². The molecule has 1 unspecified atom stereocenters. The molecule has 0 spiro atoms. The highest BCUT2D eigenvalue weighted by Crippen LogP contribution is 2.03. The highest BCUT2D eigenvalue weighted by Gasteiger charge is 2.10. The predicted octanol–water partition coefficient (Wildman–Crippen LogP) is 1.78. The first-order valence-corrected chi connectivity index (χ1v) is 5.81. The average molecular weight is 232 g/mol.